The Balaban J connectivity index is 1.58. The van der Waals surface area contributed by atoms with Crippen LogP contribution in [0, 0.1) is 13.8 Å². The summed E-state index contributed by atoms with van der Waals surface area (Å²) in [5, 5.41) is 22.7. The number of nitrogens with zero attached hydrogens (tertiary/aromatic N) is 6. The van der Waals surface area contributed by atoms with Crippen molar-refractivity contribution >= 4 is 17.8 Å². The summed E-state index contributed by atoms with van der Waals surface area (Å²) >= 11 is 0. The maximum absolute atomic E-state index is 13.0. The Labute approximate surface area is 205 Å². The van der Waals surface area contributed by atoms with E-state index in [1.54, 1.807) is 17.9 Å². The minimum Gasteiger partial charge on any atom is -0.444 e. The summed E-state index contributed by atoms with van der Waals surface area (Å²) in [6.07, 6.45) is 1.95. The number of aromatic nitrogens is 5. The van der Waals surface area contributed by atoms with E-state index >= 15 is 0 Å². The van der Waals surface area contributed by atoms with Gasteiger partial charge in [-0.3, -0.25) is 4.90 Å². The third-order valence-electron chi connectivity index (χ3n) is 6.11. The average molecular weight is 483 g/mol. The smallest absolute Gasteiger partial charge is 0.410 e. The maximum Gasteiger partial charge on any atom is 0.410 e. The van der Waals surface area contributed by atoms with Gasteiger partial charge in [-0.2, -0.15) is 0 Å². The van der Waals surface area contributed by atoms with E-state index in [0.717, 1.165) is 28.9 Å². The molecule has 0 bridgehead atoms. The van der Waals surface area contributed by atoms with Crippen molar-refractivity contribution in [3.05, 3.63) is 35.0 Å². The largest absolute Gasteiger partial charge is 0.444 e. The number of carbonyl (C=O) groups is 1. The maximum atomic E-state index is 13.0. The predicted molar refractivity (Wildman–Crippen MR) is 131 cm³/mol. The highest BCUT2D eigenvalue weighted by molar-refractivity contribution is 5.70. The van der Waals surface area contributed by atoms with Crippen molar-refractivity contribution < 1.29 is 13.9 Å². The molecule has 1 fully saturated rings. The summed E-state index contributed by atoms with van der Waals surface area (Å²) in [5.74, 6) is 0.333. The van der Waals surface area contributed by atoms with Crippen LogP contribution in [0.4, 0.5) is 16.5 Å². The molecule has 2 N–H and O–H groups in total. The molecule has 0 aliphatic carbocycles. The Morgan fingerprint density at radius 3 is 2.74 bits per heavy atom. The molecule has 1 aromatic carbocycles. The van der Waals surface area contributed by atoms with E-state index in [4.69, 9.17) is 9.15 Å². The van der Waals surface area contributed by atoms with Gasteiger partial charge < -0.3 is 19.8 Å². The van der Waals surface area contributed by atoms with Gasteiger partial charge in [0, 0.05) is 32.4 Å². The molecule has 11 nitrogen and oxygen atoms in total. The second kappa shape index (κ2) is 9.29. The Morgan fingerprint density at radius 1 is 1.29 bits per heavy atom. The molecule has 0 radical (unpaired) electrons. The van der Waals surface area contributed by atoms with Crippen molar-refractivity contribution in [3.63, 3.8) is 0 Å². The molecule has 35 heavy (non-hydrogen) atoms. The quantitative estimate of drug-likeness (QED) is 0.563. The van der Waals surface area contributed by atoms with Crippen LogP contribution in [0.25, 0.3) is 11.6 Å². The Bertz CT molecular complexity index is 1210. The number of amides is 1. The van der Waals surface area contributed by atoms with Crippen LogP contribution < -0.4 is 10.6 Å². The van der Waals surface area contributed by atoms with Crippen LogP contribution in [-0.2, 0) is 18.2 Å². The predicted octanol–water partition coefficient (Wildman–Crippen LogP) is 3.37. The van der Waals surface area contributed by atoms with Crippen molar-refractivity contribution in [1.29, 1.82) is 0 Å². The Kier molecular flexibility index (Phi) is 6.54. The first-order valence-electron chi connectivity index (χ1n) is 11.7. The zero-order valence-electron chi connectivity index (χ0n) is 21.5. The lowest BCUT2D eigenvalue weighted by atomic mass is 9.86. The highest BCUT2D eigenvalue weighted by Crippen LogP contribution is 2.31. The van der Waals surface area contributed by atoms with Crippen LogP contribution >= 0.6 is 0 Å². The number of anilines is 2. The minimum absolute atomic E-state index is 0.279. The number of hydrogen-bond acceptors (Lipinski definition) is 9. The number of benzene rings is 1. The first kappa shape index (κ1) is 24.6. The normalized spacial score (nSPS) is 18.5. The van der Waals surface area contributed by atoms with Gasteiger partial charge in [-0.25, -0.2) is 9.48 Å². The van der Waals surface area contributed by atoms with Gasteiger partial charge in [0.1, 0.15) is 11.3 Å². The molecule has 0 spiro atoms. The number of piperazine rings is 1. The molecule has 3 heterocycles. The molecule has 2 aromatic heterocycles. The lowest BCUT2D eigenvalue weighted by Crippen LogP contribution is -2.63. The summed E-state index contributed by atoms with van der Waals surface area (Å²) < 4.78 is 13.1. The number of aryl methyl sites for hydroxylation is 2. The fourth-order valence-electron chi connectivity index (χ4n) is 4.33. The van der Waals surface area contributed by atoms with Crippen molar-refractivity contribution in [2.24, 2.45) is 7.05 Å². The van der Waals surface area contributed by atoms with Crippen LogP contribution in [0.2, 0.25) is 0 Å². The van der Waals surface area contributed by atoms with E-state index in [-0.39, 0.29) is 12.1 Å². The second-order valence-electron chi connectivity index (χ2n) is 10.4. The molecule has 3 aromatic rings. The monoisotopic (exact) mass is 482 g/mol. The van der Waals surface area contributed by atoms with Crippen LogP contribution in [0.5, 0.6) is 0 Å². The number of rotatable bonds is 5. The van der Waals surface area contributed by atoms with Gasteiger partial charge in [-0.15, -0.1) is 10.2 Å². The van der Waals surface area contributed by atoms with Gasteiger partial charge >= 0.3 is 12.1 Å². The van der Waals surface area contributed by atoms with Gasteiger partial charge in [0.05, 0.1) is 11.7 Å². The number of ether oxygens (including phenoxy) is 1. The Morgan fingerprint density at radius 2 is 2.06 bits per heavy atom. The van der Waals surface area contributed by atoms with Gasteiger partial charge in [0.2, 0.25) is 0 Å². The summed E-state index contributed by atoms with van der Waals surface area (Å²) in [6, 6.07) is 4.48. The molecule has 4 rings (SSSR count). The number of carbonyl (C=O) groups excluding carboxylic acids is 1. The van der Waals surface area contributed by atoms with E-state index in [1.807, 2.05) is 38.7 Å². The van der Waals surface area contributed by atoms with Crippen LogP contribution in [0.3, 0.4) is 0 Å². The van der Waals surface area contributed by atoms with E-state index in [9.17, 15) is 4.79 Å². The van der Waals surface area contributed by atoms with Gasteiger partial charge in [-0.05, 0) is 70.7 Å². The first-order valence-corrected chi connectivity index (χ1v) is 11.7. The molecule has 188 valence electrons. The van der Waals surface area contributed by atoms with Gasteiger partial charge in [0.15, 0.2) is 0 Å². The van der Waals surface area contributed by atoms with E-state index in [1.165, 1.54) is 0 Å². The minimum atomic E-state index is -0.548. The molecule has 11 heteroatoms. The molecule has 1 amide bonds. The van der Waals surface area contributed by atoms with Crippen molar-refractivity contribution in [1.82, 2.24) is 35.4 Å². The summed E-state index contributed by atoms with van der Waals surface area (Å²) in [5.41, 5.74) is 3.77. The number of nitrogens with one attached hydrogen (secondary N) is 2. The van der Waals surface area contributed by atoms with E-state index in [2.05, 4.69) is 51.1 Å². The Hall–Kier alpha value is -3.47. The van der Waals surface area contributed by atoms with Crippen LogP contribution in [-0.4, -0.2) is 67.0 Å². The molecule has 1 saturated heterocycles. The highest BCUT2D eigenvalue weighted by Gasteiger charge is 2.40. The third kappa shape index (κ3) is 5.45. The lowest BCUT2D eigenvalue weighted by molar-refractivity contribution is -0.00681. The molecule has 0 saturated carbocycles. The van der Waals surface area contributed by atoms with Crippen LogP contribution in [0.1, 0.15) is 44.4 Å². The summed E-state index contributed by atoms with van der Waals surface area (Å²) in [6.45, 7) is 13.9. The average Bonchev–Trinajstić information content (AvgIpc) is 3.38. The number of hydrogen-bond donors (Lipinski definition) is 2. The second-order valence-corrected chi connectivity index (χ2v) is 10.4. The van der Waals surface area contributed by atoms with Crippen molar-refractivity contribution in [3.8, 4) is 11.6 Å². The van der Waals surface area contributed by atoms with Gasteiger partial charge in [-0.1, -0.05) is 16.4 Å². The highest BCUT2D eigenvalue weighted by atomic mass is 16.6. The summed E-state index contributed by atoms with van der Waals surface area (Å²) in [7, 11) is 1.76. The van der Waals surface area contributed by atoms with Gasteiger partial charge in [0.25, 0.3) is 5.89 Å². The molecule has 0 unspecified atom stereocenters. The zero-order valence-corrected chi connectivity index (χ0v) is 21.5. The van der Waals surface area contributed by atoms with Crippen molar-refractivity contribution in [2.75, 3.05) is 25.0 Å². The fraction of sp³-hybridized carbons (Fsp3) is 0.542. The lowest BCUT2D eigenvalue weighted by Gasteiger charge is -2.45. The standard InChI is InChI=1S/C24H34N8O3/c1-15-10-17(12-24(6)14-25-8-9-32(24)22(33)35-23(3,4)5)16(2)18(11-15)27-21-29-28-20(34-21)19-13-26-30-31(19)7/h10-11,13,25H,8-9,12,14H2,1-7H3,(H,27,29)/t24-/m0/s1. The SMILES string of the molecule is Cc1cc(C[C@@]2(C)CNCCN2C(=O)OC(C)(C)C)c(C)c(Nc2nnc(-c3cnnn3C)o2)c1. The van der Waals surface area contributed by atoms with Crippen LogP contribution in [0.15, 0.2) is 22.7 Å². The zero-order chi connectivity index (χ0) is 25.4. The fourth-order valence-corrected chi connectivity index (χ4v) is 4.33. The summed E-state index contributed by atoms with van der Waals surface area (Å²) in [4.78, 5) is 14.9. The van der Waals surface area contributed by atoms with Crippen molar-refractivity contribution in [2.45, 2.75) is 59.1 Å². The molecular weight excluding hydrogens is 448 g/mol. The topological polar surface area (TPSA) is 123 Å². The van der Waals surface area contributed by atoms with E-state index in [0.29, 0.717) is 31.1 Å². The van der Waals surface area contributed by atoms with E-state index < -0.39 is 11.1 Å². The molecule has 1 aliphatic heterocycles. The molecule has 1 atom stereocenters. The third-order valence-corrected chi connectivity index (χ3v) is 6.11. The molecule has 1 aliphatic rings. The first-order chi connectivity index (χ1) is 16.4. The molecular formula is C24H34N8O3.